The Bertz CT molecular complexity index is 746. The molecule has 0 aliphatic carbocycles. The van der Waals surface area contributed by atoms with E-state index in [0.717, 1.165) is 21.5 Å². The summed E-state index contributed by atoms with van der Waals surface area (Å²) in [5.41, 5.74) is 1.81. The molecule has 3 aromatic rings. The second-order valence-electron chi connectivity index (χ2n) is 4.39. The highest BCUT2D eigenvalue weighted by Gasteiger charge is 2.07. The van der Waals surface area contributed by atoms with Crippen LogP contribution in [-0.2, 0) is 6.54 Å². The molecule has 2 heterocycles. The highest BCUT2D eigenvalue weighted by atomic mass is 79.9. The van der Waals surface area contributed by atoms with Gasteiger partial charge >= 0.3 is 0 Å². The average molecular weight is 365 g/mol. The fraction of sp³-hybridized carbons (Fsp3) is 0.0667. The maximum Gasteiger partial charge on any atom is 0.167 e. The van der Waals surface area contributed by atoms with Crippen LogP contribution in [0.15, 0.2) is 57.7 Å². The van der Waals surface area contributed by atoms with Crippen molar-refractivity contribution in [3.8, 4) is 11.3 Å². The Morgan fingerprint density at radius 3 is 2.76 bits per heavy atom. The van der Waals surface area contributed by atoms with E-state index in [1.54, 1.807) is 12.3 Å². The summed E-state index contributed by atoms with van der Waals surface area (Å²) in [5.74, 6) is 1.46. The average Bonchev–Trinajstić information content (AvgIpc) is 2.96. The number of aromatic nitrogens is 2. The molecule has 0 atom stereocenters. The fourth-order valence-electron chi connectivity index (χ4n) is 1.85. The van der Waals surface area contributed by atoms with Crippen molar-refractivity contribution in [2.24, 2.45) is 0 Å². The maximum atomic E-state index is 5.86. The van der Waals surface area contributed by atoms with E-state index in [0.29, 0.717) is 17.4 Å². The van der Waals surface area contributed by atoms with Gasteiger partial charge in [-0.25, -0.2) is 4.98 Å². The minimum atomic E-state index is 0.517. The first kappa shape index (κ1) is 14.1. The molecule has 0 spiro atoms. The number of benzene rings is 1. The molecule has 0 aliphatic heterocycles. The Morgan fingerprint density at radius 2 is 2.00 bits per heavy atom. The number of nitrogens with zero attached hydrogens (tertiary/aromatic N) is 2. The number of hydrogen-bond acceptors (Lipinski definition) is 4. The van der Waals surface area contributed by atoms with E-state index in [1.807, 2.05) is 36.4 Å². The van der Waals surface area contributed by atoms with Crippen LogP contribution in [0.25, 0.3) is 11.3 Å². The van der Waals surface area contributed by atoms with Crippen LogP contribution >= 0.6 is 27.5 Å². The van der Waals surface area contributed by atoms with Gasteiger partial charge in [-0.1, -0.05) is 47.1 Å². The van der Waals surface area contributed by atoms with E-state index in [1.165, 1.54) is 0 Å². The lowest BCUT2D eigenvalue weighted by Crippen LogP contribution is -2.02. The molecule has 2 aromatic heterocycles. The van der Waals surface area contributed by atoms with E-state index in [9.17, 15) is 0 Å². The van der Waals surface area contributed by atoms with E-state index >= 15 is 0 Å². The van der Waals surface area contributed by atoms with Gasteiger partial charge in [-0.3, -0.25) is 0 Å². The molecule has 0 amide bonds. The molecule has 0 fully saturated rings. The zero-order chi connectivity index (χ0) is 14.7. The Hall–Kier alpha value is -1.85. The van der Waals surface area contributed by atoms with Crippen LogP contribution in [0.1, 0.15) is 5.69 Å². The molecule has 1 N–H and O–H groups in total. The van der Waals surface area contributed by atoms with Crippen molar-refractivity contribution in [2.45, 2.75) is 6.54 Å². The van der Waals surface area contributed by atoms with Crippen LogP contribution in [0.2, 0.25) is 5.02 Å². The molecule has 0 aliphatic rings. The number of nitrogens with one attached hydrogen (secondary N) is 1. The Kier molecular flexibility index (Phi) is 4.22. The summed E-state index contributed by atoms with van der Waals surface area (Å²) in [7, 11) is 0. The highest BCUT2D eigenvalue weighted by molar-refractivity contribution is 9.10. The van der Waals surface area contributed by atoms with Crippen molar-refractivity contribution in [3.05, 3.63) is 63.9 Å². The van der Waals surface area contributed by atoms with Gasteiger partial charge in [0.25, 0.3) is 0 Å². The molecule has 0 saturated heterocycles. The Labute approximate surface area is 135 Å². The standard InChI is InChI=1S/C15H11BrClN3O/c16-13-6-11(17)8-18-15(13)19-9-12-7-14(21-20-12)10-4-2-1-3-5-10/h1-8H,9H2,(H,18,19). The van der Waals surface area contributed by atoms with Crippen molar-refractivity contribution >= 4 is 33.3 Å². The molecule has 0 radical (unpaired) electrons. The quantitative estimate of drug-likeness (QED) is 0.725. The maximum absolute atomic E-state index is 5.86. The molecule has 106 valence electrons. The minimum absolute atomic E-state index is 0.517. The van der Waals surface area contributed by atoms with Gasteiger partial charge in [0, 0.05) is 17.8 Å². The largest absolute Gasteiger partial charge is 0.363 e. The van der Waals surface area contributed by atoms with E-state index in [2.05, 4.69) is 31.4 Å². The number of hydrogen-bond donors (Lipinski definition) is 1. The third-order valence-corrected chi connectivity index (χ3v) is 3.67. The molecule has 0 bridgehead atoms. The smallest absolute Gasteiger partial charge is 0.167 e. The molecule has 21 heavy (non-hydrogen) atoms. The number of anilines is 1. The van der Waals surface area contributed by atoms with Crippen LogP contribution in [0, 0.1) is 0 Å². The van der Waals surface area contributed by atoms with Crippen LogP contribution in [0.5, 0.6) is 0 Å². The predicted octanol–water partition coefficient (Wildman–Crippen LogP) is 4.76. The third-order valence-electron chi connectivity index (χ3n) is 2.86. The summed E-state index contributed by atoms with van der Waals surface area (Å²) in [6, 6.07) is 13.5. The lowest BCUT2D eigenvalue weighted by atomic mass is 10.2. The lowest BCUT2D eigenvalue weighted by Gasteiger charge is -2.05. The summed E-state index contributed by atoms with van der Waals surface area (Å²) in [6.07, 6.45) is 1.59. The minimum Gasteiger partial charge on any atom is -0.363 e. The lowest BCUT2D eigenvalue weighted by molar-refractivity contribution is 0.424. The van der Waals surface area contributed by atoms with Gasteiger partial charge < -0.3 is 9.84 Å². The number of pyridine rings is 1. The number of halogens is 2. The molecular formula is C15H11BrClN3O. The van der Waals surface area contributed by atoms with Gasteiger partial charge in [-0.2, -0.15) is 0 Å². The summed E-state index contributed by atoms with van der Waals surface area (Å²) >= 11 is 9.27. The van der Waals surface area contributed by atoms with Crippen molar-refractivity contribution in [1.82, 2.24) is 10.1 Å². The molecule has 1 aromatic carbocycles. The van der Waals surface area contributed by atoms with E-state index < -0.39 is 0 Å². The van der Waals surface area contributed by atoms with Gasteiger partial charge in [0.1, 0.15) is 11.5 Å². The summed E-state index contributed by atoms with van der Waals surface area (Å²) in [6.45, 7) is 0.517. The van der Waals surface area contributed by atoms with Crippen LogP contribution in [0.4, 0.5) is 5.82 Å². The second kappa shape index (κ2) is 6.28. The summed E-state index contributed by atoms with van der Waals surface area (Å²) in [4.78, 5) is 4.21. The molecule has 0 unspecified atom stereocenters. The predicted molar refractivity (Wildman–Crippen MR) is 86.2 cm³/mol. The summed E-state index contributed by atoms with van der Waals surface area (Å²) < 4.78 is 6.15. The molecular weight excluding hydrogens is 354 g/mol. The fourth-order valence-corrected chi connectivity index (χ4v) is 2.63. The Morgan fingerprint density at radius 1 is 1.19 bits per heavy atom. The first-order chi connectivity index (χ1) is 10.2. The summed E-state index contributed by atoms with van der Waals surface area (Å²) in [5, 5.41) is 7.81. The van der Waals surface area contributed by atoms with Crippen molar-refractivity contribution < 1.29 is 4.52 Å². The van der Waals surface area contributed by atoms with Crippen molar-refractivity contribution in [3.63, 3.8) is 0 Å². The molecule has 3 rings (SSSR count). The Balaban J connectivity index is 1.70. The van der Waals surface area contributed by atoms with Crippen LogP contribution in [-0.4, -0.2) is 10.1 Å². The normalized spacial score (nSPS) is 10.6. The van der Waals surface area contributed by atoms with Gasteiger partial charge in [-0.15, -0.1) is 0 Å². The first-order valence-corrected chi connectivity index (χ1v) is 7.45. The topological polar surface area (TPSA) is 51.0 Å². The van der Waals surface area contributed by atoms with Gasteiger partial charge in [0.2, 0.25) is 0 Å². The van der Waals surface area contributed by atoms with Crippen LogP contribution in [0.3, 0.4) is 0 Å². The van der Waals surface area contributed by atoms with Crippen molar-refractivity contribution in [1.29, 1.82) is 0 Å². The zero-order valence-corrected chi connectivity index (χ0v) is 13.2. The van der Waals surface area contributed by atoms with Gasteiger partial charge in [0.05, 0.1) is 16.0 Å². The number of rotatable bonds is 4. The SMILES string of the molecule is Clc1cnc(NCc2cc(-c3ccccc3)on2)c(Br)c1. The highest BCUT2D eigenvalue weighted by Crippen LogP contribution is 2.24. The van der Waals surface area contributed by atoms with Crippen molar-refractivity contribution in [2.75, 3.05) is 5.32 Å². The first-order valence-electron chi connectivity index (χ1n) is 6.28. The van der Waals surface area contributed by atoms with Gasteiger partial charge in [0.15, 0.2) is 5.76 Å². The second-order valence-corrected chi connectivity index (χ2v) is 5.68. The zero-order valence-electron chi connectivity index (χ0n) is 10.9. The van der Waals surface area contributed by atoms with Crippen LogP contribution < -0.4 is 5.32 Å². The van der Waals surface area contributed by atoms with Gasteiger partial charge in [-0.05, 0) is 22.0 Å². The molecule has 6 heteroatoms. The molecule has 0 saturated carbocycles. The van der Waals surface area contributed by atoms with E-state index in [4.69, 9.17) is 16.1 Å². The van der Waals surface area contributed by atoms with E-state index in [-0.39, 0.29) is 0 Å². The molecule has 4 nitrogen and oxygen atoms in total. The third kappa shape index (κ3) is 3.43. The monoisotopic (exact) mass is 363 g/mol.